The van der Waals surface area contributed by atoms with Gasteiger partial charge in [0.15, 0.2) is 11.6 Å². The normalized spacial score (nSPS) is 19.7. The Labute approximate surface area is 121 Å². The lowest BCUT2D eigenvalue weighted by molar-refractivity contribution is -0.117. The number of carbonyl (C=O) groups is 1. The fraction of sp³-hybridized carbons (Fsp3) is 0.364. The number of anilines is 1. The van der Waals surface area contributed by atoms with E-state index in [0.29, 0.717) is 0 Å². The van der Waals surface area contributed by atoms with Crippen LogP contribution in [0.3, 0.4) is 0 Å². The number of amides is 1. The van der Waals surface area contributed by atoms with Crippen molar-refractivity contribution < 1.29 is 25.9 Å². The second-order valence-electron chi connectivity index (χ2n) is 4.47. The monoisotopic (exact) mass is 371 g/mol. The summed E-state index contributed by atoms with van der Waals surface area (Å²) in [6.45, 7) is -0.167. The van der Waals surface area contributed by atoms with Crippen molar-refractivity contribution in [3.05, 3.63) is 28.2 Å². The highest BCUT2D eigenvalue weighted by atomic mass is 79.9. The Balaban J connectivity index is 2.27. The molecule has 1 fully saturated rings. The Morgan fingerprint density at radius 3 is 2.55 bits per heavy atom. The van der Waals surface area contributed by atoms with E-state index in [9.17, 15) is 25.9 Å². The third-order valence-electron chi connectivity index (χ3n) is 2.95. The summed E-state index contributed by atoms with van der Waals surface area (Å²) in [5.74, 6) is -4.51. The minimum Gasteiger partial charge on any atom is -0.309 e. The zero-order valence-electron chi connectivity index (χ0n) is 9.95. The molecule has 0 saturated carbocycles. The average molecular weight is 372 g/mol. The van der Waals surface area contributed by atoms with Crippen molar-refractivity contribution >= 4 is 37.7 Å². The van der Waals surface area contributed by atoms with Crippen LogP contribution in [0.15, 0.2) is 16.6 Å². The molecule has 4 nitrogen and oxygen atoms in total. The van der Waals surface area contributed by atoms with Crippen molar-refractivity contribution in [2.45, 2.75) is 6.42 Å². The minimum absolute atomic E-state index is 0.0896. The van der Waals surface area contributed by atoms with E-state index in [2.05, 4.69) is 15.9 Å². The highest BCUT2D eigenvalue weighted by Gasteiger charge is 2.35. The Bertz CT molecular complexity index is 665. The second kappa shape index (κ2) is 5.36. The molecule has 1 saturated heterocycles. The van der Waals surface area contributed by atoms with Gasteiger partial charge in [0, 0.05) is 18.9 Å². The van der Waals surface area contributed by atoms with Gasteiger partial charge in [0.1, 0.15) is 0 Å². The standard InChI is InChI=1S/C11H9BrF3NO3S/c12-7-1-2-8(11(14)10(7)13)16-4-6(3-9(16)17)5-20(15,18)19/h1-2,6H,3-5H2. The first-order valence-electron chi connectivity index (χ1n) is 5.55. The Morgan fingerprint density at radius 2 is 1.95 bits per heavy atom. The molecule has 1 atom stereocenters. The first-order valence-corrected chi connectivity index (χ1v) is 7.90. The van der Waals surface area contributed by atoms with Crippen LogP contribution < -0.4 is 4.90 Å². The molecule has 1 unspecified atom stereocenters. The Kier molecular flexibility index (Phi) is 4.10. The van der Waals surface area contributed by atoms with Crippen molar-refractivity contribution in [2.75, 3.05) is 17.2 Å². The van der Waals surface area contributed by atoms with Crippen LogP contribution in [0.1, 0.15) is 6.42 Å². The smallest absolute Gasteiger partial charge is 0.302 e. The maximum Gasteiger partial charge on any atom is 0.302 e. The zero-order chi connectivity index (χ0) is 15.1. The van der Waals surface area contributed by atoms with Gasteiger partial charge in [-0.05, 0) is 28.1 Å². The van der Waals surface area contributed by atoms with E-state index in [0.717, 1.165) is 4.90 Å². The third kappa shape index (κ3) is 3.14. The van der Waals surface area contributed by atoms with Crippen molar-refractivity contribution in [3.63, 3.8) is 0 Å². The van der Waals surface area contributed by atoms with Crippen molar-refractivity contribution in [3.8, 4) is 0 Å². The van der Waals surface area contributed by atoms with Crippen molar-refractivity contribution in [2.24, 2.45) is 5.92 Å². The van der Waals surface area contributed by atoms with Gasteiger partial charge in [-0.1, -0.05) is 0 Å². The van der Waals surface area contributed by atoms with Gasteiger partial charge in [-0.25, -0.2) is 8.78 Å². The topological polar surface area (TPSA) is 54.5 Å². The van der Waals surface area contributed by atoms with Crippen molar-refractivity contribution in [1.29, 1.82) is 0 Å². The number of rotatable bonds is 3. The fourth-order valence-corrected chi connectivity index (χ4v) is 3.22. The van der Waals surface area contributed by atoms with E-state index in [4.69, 9.17) is 0 Å². The molecule has 1 aromatic carbocycles. The number of nitrogens with zero attached hydrogens (tertiary/aromatic N) is 1. The van der Waals surface area contributed by atoms with E-state index < -0.39 is 39.4 Å². The van der Waals surface area contributed by atoms with Gasteiger partial charge < -0.3 is 4.90 Å². The molecule has 1 heterocycles. The fourth-order valence-electron chi connectivity index (χ4n) is 2.13. The second-order valence-corrected chi connectivity index (χ2v) is 6.74. The minimum atomic E-state index is -4.72. The molecule has 0 bridgehead atoms. The lowest BCUT2D eigenvalue weighted by Gasteiger charge is -2.17. The molecule has 0 aromatic heterocycles. The molecular formula is C11H9BrF3NO3S. The lowest BCUT2D eigenvalue weighted by atomic mass is 10.1. The number of benzene rings is 1. The maximum absolute atomic E-state index is 13.8. The lowest BCUT2D eigenvalue weighted by Crippen LogP contribution is -2.26. The van der Waals surface area contributed by atoms with E-state index in [1.54, 1.807) is 0 Å². The molecule has 1 amide bonds. The van der Waals surface area contributed by atoms with Gasteiger partial charge in [0.05, 0.1) is 15.9 Å². The summed E-state index contributed by atoms with van der Waals surface area (Å²) in [6.07, 6.45) is -0.222. The number of halogens is 4. The van der Waals surface area contributed by atoms with Gasteiger partial charge in [0.2, 0.25) is 5.91 Å². The van der Waals surface area contributed by atoms with Gasteiger partial charge >= 0.3 is 10.2 Å². The average Bonchev–Trinajstić information content (AvgIpc) is 2.65. The third-order valence-corrected chi connectivity index (χ3v) is 4.43. The van der Waals surface area contributed by atoms with Crippen LogP contribution in [0, 0.1) is 17.6 Å². The molecule has 1 aromatic rings. The van der Waals surface area contributed by atoms with Crippen LogP contribution in [-0.4, -0.2) is 26.6 Å². The summed E-state index contributed by atoms with van der Waals surface area (Å²) >= 11 is 2.81. The zero-order valence-corrected chi connectivity index (χ0v) is 12.3. The Hall–Kier alpha value is -1.09. The van der Waals surface area contributed by atoms with Crippen LogP contribution in [0.2, 0.25) is 0 Å². The Morgan fingerprint density at radius 1 is 1.30 bits per heavy atom. The van der Waals surface area contributed by atoms with Crippen LogP contribution in [0.25, 0.3) is 0 Å². The first-order chi connectivity index (χ1) is 9.19. The van der Waals surface area contributed by atoms with Crippen LogP contribution in [-0.2, 0) is 15.0 Å². The number of hydrogen-bond donors (Lipinski definition) is 0. The molecule has 0 spiro atoms. The quantitative estimate of drug-likeness (QED) is 0.605. The van der Waals surface area contributed by atoms with E-state index in [-0.39, 0.29) is 23.1 Å². The van der Waals surface area contributed by atoms with Crippen LogP contribution in [0.4, 0.5) is 18.4 Å². The molecule has 0 N–H and O–H groups in total. The highest BCUT2D eigenvalue weighted by molar-refractivity contribution is 9.10. The first kappa shape index (κ1) is 15.3. The number of carbonyl (C=O) groups excluding carboxylic acids is 1. The van der Waals surface area contributed by atoms with Gasteiger partial charge in [-0.3, -0.25) is 4.79 Å². The van der Waals surface area contributed by atoms with E-state index in [1.165, 1.54) is 12.1 Å². The van der Waals surface area contributed by atoms with E-state index >= 15 is 0 Å². The molecule has 1 aliphatic heterocycles. The summed E-state index contributed by atoms with van der Waals surface area (Å²) in [4.78, 5) is 12.7. The van der Waals surface area contributed by atoms with Crippen molar-refractivity contribution in [1.82, 2.24) is 0 Å². The molecule has 1 aliphatic rings. The largest absolute Gasteiger partial charge is 0.309 e. The molecule has 2 rings (SSSR count). The summed E-state index contributed by atoms with van der Waals surface area (Å²) in [7, 11) is -4.72. The molecule has 0 radical (unpaired) electrons. The van der Waals surface area contributed by atoms with Gasteiger partial charge in [-0.2, -0.15) is 8.42 Å². The summed E-state index contributed by atoms with van der Waals surface area (Å²) in [6, 6.07) is 2.44. The molecule has 110 valence electrons. The molecule has 9 heteroatoms. The van der Waals surface area contributed by atoms with Crippen LogP contribution >= 0.6 is 15.9 Å². The summed E-state index contributed by atoms with van der Waals surface area (Å²) in [5.41, 5.74) is -0.283. The highest BCUT2D eigenvalue weighted by Crippen LogP contribution is 2.31. The van der Waals surface area contributed by atoms with Gasteiger partial charge in [-0.15, -0.1) is 3.89 Å². The predicted molar refractivity (Wildman–Crippen MR) is 69.4 cm³/mol. The molecule has 20 heavy (non-hydrogen) atoms. The summed E-state index contributed by atoms with van der Waals surface area (Å²) in [5, 5.41) is 0. The SMILES string of the molecule is O=C1CC(CS(=O)(=O)F)CN1c1ccc(Br)c(F)c1F. The molecular weight excluding hydrogens is 363 g/mol. The van der Waals surface area contributed by atoms with E-state index in [1.807, 2.05) is 0 Å². The predicted octanol–water partition coefficient (Wildman–Crippen LogP) is 2.38. The van der Waals surface area contributed by atoms with Crippen LogP contribution in [0.5, 0.6) is 0 Å². The van der Waals surface area contributed by atoms with Gasteiger partial charge in [0.25, 0.3) is 0 Å². The number of hydrogen-bond acceptors (Lipinski definition) is 3. The maximum atomic E-state index is 13.8. The summed E-state index contributed by atoms with van der Waals surface area (Å²) < 4.78 is 60.8. The molecule has 0 aliphatic carbocycles.